The zero-order valence-corrected chi connectivity index (χ0v) is 8.53. The summed E-state index contributed by atoms with van der Waals surface area (Å²) >= 11 is 0. The Hall–Kier alpha value is -0.330. The minimum absolute atomic E-state index is 0.126. The molecule has 0 aromatic rings. The standard InChI is InChI=1S/C12H21F/c13-12-10-8-6-4-2-1-3-5-7-9-11-12/h10H,1-9,11H2/b12-10+. The van der Waals surface area contributed by atoms with Crippen LogP contribution in [0.15, 0.2) is 11.9 Å². The lowest BCUT2D eigenvalue weighted by molar-refractivity contribution is 0.518. The van der Waals surface area contributed by atoms with Crippen LogP contribution in [-0.4, -0.2) is 0 Å². The summed E-state index contributed by atoms with van der Waals surface area (Å²) in [6.07, 6.45) is 13.5. The highest BCUT2D eigenvalue weighted by Gasteiger charge is 1.98. The van der Waals surface area contributed by atoms with Crippen LogP contribution in [0.5, 0.6) is 0 Å². The summed E-state index contributed by atoms with van der Waals surface area (Å²) in [7, 11) is 0. The van der Waals surface area contributed by atoms with Gasteiger partial charge in [-0.05, 0) is 25.7 Å². The lowest BCUT2D eigenvalue weighted by atomic mass is 10.0. The average Bonchev–Trinajstić information content (AvgIpc) is 2.11. The molecule has 0 aromatic heterocycles. The Morgan fingerprint density at radius 3 is 2.00 bits per heavy atom. The van der Waals surface area contributed by atoms with Gasteiger partial charge < -0.3 is 0 Å². The Labute approximate surface area is 81.2 Å². The lowest BCUT2D eigenvalue weighted by Crippen LogP contribution is -1.85. The van der Waals surface area contributed by atoms with E-state index < -0.39 is 0 Å². The van der Waals surface area contributed by atoms with Gasteiger partial charge >= 0.3 is 0 Å². The lowest BCUT2D eigenvalue weighted by Gasteiger charge is -2.04. The Balaban J connectivity index is 2.23. The Morgan fingerprint density at radius 2 is 1.31 bits per heavy atom. The van der Waals surface area contributed by atoms with E-state index in [9.17, 15) is 4.39 Å². The van der Waals surface area contributed by atoms with Gasteiger partial charge in [-0.25, -0.2) is 4.39 Å². The van der Waals surface area contributed by atoms with Crippen molar-refractivity contribution in [1.82, 2.24) is 0 Å². The summed E-state index contributed by atoms with van der Waals surface area (Å²) < 4.78 is 13.0. The van der Waals surface area contributed by atoms with Crippen LogP contribution in [0.2, 0.25) is 0 Å². The Bertz CT molecular complexity index is 149. The van der Waals surface area contributed by atoms with Gasteiger partial charge in [-0.15, -0.1) is 0 Å². The van der Waals surface area contributed by atoms with E-state index in [4.69, 9.17) is 0 Å². The largest absolute Gasteiger partial charge is 0.212 e. The van der Waals surface area contributed by atoms with Gasteiger partial charge in [-0.2, -0.15) is 0 Å². The molecule has 0 nitrogen and oxygen atoms in total. The van der Waals surface area contributed by atoms with Crippen molar-refractivity contribution in [2.45, 2.75) is 64.2 Å². The van der Waals surface area contributed by atoms with Crippen LogP contribution in [-0.2, 0) is 0 Å². The van der Waals surface area contributed by atoms with Crippen molar-refractivity contribution < 1.29 is 4.39 Å². The average molecular weight is 184 g/mol. The maximum atomic E-state index is 13.0. The monoisotopic (exact) mass is 184 g/mol. The van der Waals surface area contributed by atoms with Gasteiger partial charge in [0.05, 0.1) is 5.83 Å². The number of halogens is 1. The summed E-state index contributed by atoms with van der Waals surface area (Å²) in [5, 5.41) is 0. The molecule has 1 aliphatic carbocycles. The molecule has 0 aromatic carbocycles. The zero-order chi connectivity index (χ0) is 9.36. The number of allylic oxidation sites excluding steroid dienone is 2. The van der Waals surface area contributed by atoms with Crippen molar-refractivity contribution in [3.05, 3.63) is 11.9 Å². The third-order valence-corrected chi connectivity index (χ3v) is 2.74. The Morgan fingerprint density at radius 1 is 0.769 bits per heavy atom. The first-order chi connectivity index (χ1) is 6.39. The van der Waals surface area contributed by atoms with Gasteiger partial charge in [0.2, 0.25) is 0 Å². The topological polar surface area (TPSA) is 0 Å². The van der Waals surface area contributed by atoms with Crippen LogP contribution >= 0.6 is 0 Å². The van der Waals surface area contributed by atoms with E-state index >= 15 is 0 Å². The van der Waals surface area contributed by atoms with Crippen LogP contribution in [0.3, 0.4) is 0 Å². The molecule has 0 spiro atoms. The molecule has 1 aliphatic rings. The second-order valence-electron chi connectivity index (χ2n) is 4.02. The first-order valence-corrected chi connectivity index (χ1v) is 5.74. The number of hydrogen-bond donors (Lipinski definition) is 0. The number of hydrogen-bond acceptors (Lipinski definition) is 0. The van der Waals surface area contributed by atoms with E-state index in [2.05, 4.69) is 0 Å². The molecule has 0 aliphatic heterocycles. The predicted molar refractivity (Wildman–Crippen MR) is 55.4 cm³/mol. The fourth-order valence-corrected chi connectivity index (χ4v) is 1.86. The maximum absolute atomic E-state index is 13.0. The predicted octanol–water partition coefficient (Wildman–Crippen LogP) is 4.75. The van der Waals surface area contributed by atoms with Crippen LogP contribution in [0.4, 0.5) is 4.39 Å². The minimum atomic E-state index is 0.126. The van der Waals surface area contributed by atoms with E-state index in [0.29, 0.717) is 6.42 Å². The van der Waals surface area contributed by atoms with Crippen molar-refractivity contribution in [2.24, 2.45) is 0 Å². The molecule has 0 saturated carbocycles. The van der Waals surface area contributed by atoms with Gasteiger partial charge in [-0.1, -0.05) is 44.6 Å². The molecule has 0 atom stereocenters. The fourth-order valence-electron chi connectivity index (χ4n) is 1.86. The third-order valence-electron chi connectivity index (χ3n) is 2.74. The van der Waals surface area contributed by atoms with Crippen molar-refractivity contribution in [3.8, 4) is 0 Å². The molecular formula is C12H21F. The molecule has 1 heteroatoms. The molecule has 0 radical (unpaired) electrons. The van der Waals surface area contributed by atoms with E-state index in [1.165, 1.54) is 44.9 Å². The van der Waals surface area contributed by atoms with E-state index in [1.54, 1.807) is 6.08 Å². The zero-order valence-electron chi connectivity index (χ0n) is 8.53. The summed E-state index contributed by atoms with van der Waals surface area (Å²) in [5.41, 5.74) is 0. The SMILES string of the molecule is F/C1=C/CCCCCCCCCC1. The second kappa shape index (κ2) is 7.11. The van der Waals surface area contributed by atoms with E-state index in [-0.39, 0.29) is 5.83 Å². The van der Waals surface area contributed by atoms with Crippen LogP contribution in [0.1, 0.15) is 64.2 Å². The first kappa shape index (κ1) is 10.7. The highest BCUT2D eigenvalue weighted by molar-refractivity contribution is 4.91. The van der Waals surface area contributed by atoms with Crippen molar-refractivity contribution in [2.75, 3.05) is 0 Å². The summed E-state index contributed by atoms with van der Waals surface area (Å²) in [4.78, 5) is 0. The van der Waals surface area contributed by atoms with E-state index in [0.717, 1.165) is 12.8 Å². The molecule has 0 N–H and O–H groups in total. The molecule has 0 amide bonds. The molecule has 76 valence electrons. The van der Waals surface area contributed by atoms with Gasteiger partial charge in [0.25, 0.3) is 0 Å². The van der Waals surface area contributed by atoms with Crippen molar-refractivity contribution in [1.29, 1.82) is 0 Å². The highest BCUT2D eigenvalue weighted by atomic mass is 19.1. The fraction of sp³-hybridized carbons (Fsp3) is 0.833. The normalized spacial score (nSPS) is 26.7. The summed E-state index contributed by atoms with van der Waals surface area (Å²) in [6, 6.07) is 0. The van der Waals surface area contributed by atoms with E-state index in [1.807, 2.05) is 0 Å². The van der Waals surface area contributed by atoms with Gasteiger partial charge in [0, 0.05) is 0 Å². The highest BCUT2D eigenvalue weighted by Crippen LogP contribution is 2.16. The maximum Gasteiger partial charge on any atom is 0.0959 e. The summed E-state index contributed by atoms with van der Waals surface area (Å²) in [6.45, 7) is 0. The van der Waals surface area contributed by atoms with Gasteiger partial charge in [-0.3, -0.25) is 0 Å². The quantitative estimate of drug-likeness (QED) is 0.509. The minimum Gasteiger partial charge on any atom is -0.212 e. The van der Waals surface area contributed by atoms with Gasteiger partial charge in [0.15, 0.2) is 0 Å². The third kappa shape index (κ3) is 5.84. The second-order valence-corrected chi connectivity index (χ2v) is 4.02. The first-order valence-electron chi connectivity index (χ1n) is 5.74. The molecule has 1 rings (SSSR count). The molecule has 0 saturated heterocycles. The van der Waals surface area contributed by atoms with Crippen LogP contribution < -0.4 is 0 Å². The molecule has 0 unspecified atom stereocenters. The number of rotatable bonds is 0. The molecule has 0 bridgehead atoms. The van der Waals surface area contributed by atoms with Crippen molar-refractivity contribution >= 4 is 0 Å². The van der Waals surface area contributed by atoms with Crippen molar-refractivity contribution in [3.63, 3.8) is 0 Å². The van der Waals surface area contributed by atoms with Crippen LogP contribution in [0, 0.1) is 0 Å². The van der Waals surface area contributed by atoms with Gasteiger partial charge in [0.1, 0.15) is 0 Å². The molecule has 13 heavy (non-hydrogen) atoms. The Kier molecular flexibility index (Phi) is 5.88. The molecule has 0 fully saturated rings. The molecule has 0 heterocycles. The smallest absolute Gasteiger partial charge is 0.0959 e. The summed E-state index contributed by atoms with van der Waals surface area (Å²) in [5.74, 6) is 0.126. The van der Waals surface area contributed by atoms with Crippen LogP contribution in [0.25, 0.3) is 0 Å². The molecular weight excluding hydrogens is 163 g/mol.